The van der Waals surface area contributed by atoms with Crippen LogP contribution in [0.5, 0.6) is 0 Å². The van der Waals surface area contributed by atoms with Gasteiger partial charge in [-0.2, -0.15) is 0 Å². The molecule has 1 aliphatic rings. The molecule has 0 heterocycles. The van der Waals surface area contributed by atoms with E-state index >= 15 is 0 Å². The second kappa shape index (κ2) is 5.50. The van der Waals surface area contributed by atoms with Crippen molar-refractivity contribution in [2.24, 2.45) is 11.3 Å². The zero-order valence-electron chi connectivity index (χ0n) is 11.7. The maximum Gasteiger partial charge on any atom is 0.0471 e. The molecular weight excluding hydrogens is 198 g/mol. The average Bonchev–Trinajstić information content (AvgIpc) is 2.97. The number of nitrogens with one attached hydrogen (secondary N) is 1. The van der Waals surface area contributed by atoms with Crippen LogP contribution in [-0.2, 0) is 4.74 Å². The molecule has 16 heavy (non-hydrogen) atoms. The van der Waals surface area contributed by atoms with E-state index in [0.717, 1.165) is 25.7 Å². The van der Waals surface area contributed by atoms with Crippen molar-refractivity contribution < 1.29 is 4.74 Å². The van der Waals surface area contributed by atoms with Crippen molar-refractivity contribution in [1.82, 2.24) is 5.32 Å². The summed E-state index contributed by atoms with van der Waals surface area (Å²) in [4.78, 5) is 0. The summed E-state index contributed by atoms with van der Waals surface area (Å²) < 4.78 is 5.51. The van der Waals surface area contributed by atoms with Crippen LogP contribution in [0.3, 0.4) is 0 Å². The van der Waals surface area contributed by atoms with Gasteiger partial charge in [-0.15, -0.1) is 0 Å². The van der Waals surface area contributed by atoms with Crippen LogP contribution in [0.15, 0.2) is 0 Å². The molecule has 0 aromatic rings. The minimum absolute atomic E-state index is 0.224. The van der Waals surface area contributed by atoms with Gasteiger partial charge < -0.3 is 10.1 Å². The molecule has 1 saturated carbocycles. The van der Waals surface area contributed by atoms with E-state index in [1.165, 1.54) is 19.3 Å². The Labute approximate surface area is 101 Å². The van der Waals surface area contributed by atoms with E-state index in [0.29, 0.717) is 5.41 Å². The van der Waals surface area contributed by atoms with Crippen molar-refractivity contribution in [2.75, 3.05) is 19.8 Å². The Bertz CT molecular complexity index is 205. The maximum atomic E-state index is 5.51. The van der Waals surface area contributed by atoms with Crippen LogP contribution in [0.1, 0.15) is 53.9 Å². The molecule has 96 valence electrons. The largest absolute Gasteiger partial charge is 0.382 e. The Morgan fingerprint density at radius 3 is 2.25 bits per heavy atom. The molecule has 1 aliphatic carbocycles. The molecule has 0 bridgehead atoms. The fourth-order valence-corrected chi connectivity index (χ4v) is 2.13. The highest BCUT2D eigenvalue weighted by atomic mass is 16.5. The van der Waals surface area contributed by atoms with Crippen LogP contribution in [-0.4, -0.2) is 25.3 Å². The van der Waals surface area contributed by atoms with Crippen LogP contribution in [0, 0.1) is 11.3 Å². The lowest BCUT2D eigenvalue weighted by Crippen LogP contribution is -2.44. The quantitative estimate of drug-likeness (QED) is 0.674. The average molecular weight is 227 g/mol. The Morgan fingerprint density at radius 1 is 1.19 bits per heavy atom. The molecule has 0 radical (unpaired) electrons. The van der Waals surface area contributed by atoms with Gasteiger partial charge in [0.05, 0.1) is 0 Å². The predicted octanol–water partition coefficient (Wildman–Crippen LogP) is 3.22. The molecule has 0 spiro atoms. The normalized spacial score (nSPS) is 20.8. The molecule has 0 aromatic heterocycles. The Morgan fingerprint density at radius 2 is 1.81 bits per heavy atom. The molecule has 0 amide bonds. The van der Waals surface area contributed by atoms with Gasteiger partial charge in [0.25, 0.3) is 0 Å². The summed E-state index contributed by atoms with van der Waals surface area (Å²) in [5.41, 5.74) is 0.657. The van der Waals surface area contributed by atoms with Gasteiger partial charge in [0.15, 0.2) is 0 Å². The Hall–Kier alpha value is -0.0800. The van der Waals surface area contributed by atoms with Gasteiger partial charge >= 0.3 is 0 Å². The zero-order chi connectivity index (χ0) is 12.2. The molecule has 1 rings (SSSR count). The lowest BCUT2D eigenvalue weighted by atomic mass is 9.81. The lowest BCUT2D eigenvalue weighted by Gasteiger charge is -2.34. The highest BCUT2D eigenvalue weighted by molar-refractivity contribution is 4.93. The first kappa shape index (κ1) is 14.0. The van der Waals surface area contributed by atoms with Gasteiger partial charge in [-0.1, -0.05) is 6.92 Å². The van der Waals surface area contributed by atoms with Crippen LogP contribution in [0.25, 0.3) is 0 Å². The molecule has 2 heteroatoms. The standard InChI is InChI=1S/C14H29NO/c1-6-16-10-9-14(5,12-7-8-12)11-15-13(2,3)4/h12,15H,6-11H2,1-5H3. The van der Waals surface area contributed by atoms with E-state index < -0.39 is 0 Å². The molecule has 1 N–H and O–H groups in total. The fourth-order valence-electron chi connectivity index (χ4n) is 2.13. The summed E-state index contributed by atoms with van der Waals surface area (Å²) >= 11 is 0. The van der Waals surface area contributed by atoms with Gasteiger partial charge in [-0.25, -0.2) is 0 Å². The lowest BCUT2D eigenvalue weighted by molar-refractivity contribution is 0.0947. The summed E-state index contributed by atoms with van der Waals surface area (Å²) in [5, 5.41) is 3.66. The zero-order valence-corrected chi connectivity index (χ0v) is 11.7. The molecule has 0 saturated heterocycles. The summed E-state index contributed by atoms with van der Waals surface area (Å²) in [6.07, 6.45) is 4.01. The van der Waals surface area contributed by atoms with Crippen molar-refractivity contribution in [1.29, 1.82) is 0 Å². The van der Waals surface area contributed by atoms with Crippen molar-refractivity contribution >= 4 is 0 Å². The van der Waals surface area contributed by atoms with Gasteiger partial charge in [0.1, 0.15) is 0 Å². The highest BCUT2D eigenvalue weighted by Crippen LogP contribution is 2.47. The highest BCUT2D eigenvalue weighted by Gasteiger charge is 2.41. The molecule has 1 unspecified atom stereocenters. The summed E-state index contributed by atoms with van der Waals surface area (Å²) in [7, 11) is 0. The maximum absolute atomic E-state index is 5.51. The monoisotopic (exact) mass is 227 g/mol. The third-order valence-corrected chi connectivity index (χ3v) is 3.61. The van der Waals surface area contributed by atoms with Crippen molar-refractivity contribution in [3.63, 3.8) is 0 Å². The first-order valence-corrected chi connectivity index (χ1v) is 6.70. The third kappa shape index (κ3) is 4.84. The third-order valence-electron chi connectivity index (χ3n) is 3.61. The Balaban J connectivity index is 2.38. The van der Waals surface area contributed by atoms with E-state index in [9.17, 15) is 0 Å². The van der Waals surface area contributed by atoms with Crippen LogP contribution in [0.4, 0.5) is 0 Å². The fraction of sp³-hybridized carbons (Fsp3) is 1.00. The van der Waals surface area contributed by atoms with Crippen LogP contribution in [0.2, 0.25) is 0 Å². The first-order valence-electron chi connectivity index (χ1n) is 6.70. The molecule has 0 aromatic carbocycles. The molecule has 0 aliphatic heterocycles. The minimum atomic E-state index is 0.224. The van der Waals surface area contributed by atoms with Gasteiger partial charge in [0.2, 0.25) is 0 Å². The second-order valence-electron chi connectivity index (χ2n) is 6.48. The topological polar surface area (TPSA) is 21.3 Å². The minimum Gasteiger partial charge on any atom is -0.382 e. The van der Waals surface area contributed by atoms with E-state index in [2.05, 4.69) is 39.9 Å². The van der Waals surface area contributed by atoms with E-state index in [4.69, 9.17) is 4.74 Å². The molecule has 1 atom stereocenters. The van der Waals surface area contributed by atoms with Crippen molar-refractivity contribution in [3.8, 4) is 0 Å². The predicted molar refractivity (Wildman–Crippen MR) is 69.7 cm³/mol. The van der Waals surface area contributed by atoms with Gasteiger partial charge in [0, 0.05) is 25.3 Å². The van der Waals surface area contributed by atoms with Gasteiger partial charge in [-0.3, -0.25) is 0 Å². The van der Waals surface area contributed by atoms with E-state index in [1.54, 1.807) is 0 Å². The smallest absolute Gasteiger partial charge is 0.0471 e. The number of hydrogen-bond acceptors (Lipinski definition) is 2. The van der Waals surface area contributed by atoms with Gasteiger partial charge in [-0.05, 0) is 58.3 Å². The molecule has 2 nitrogen and oxygen atoms in total. The summed E-state index contributed by atoms with van der Waals surface area (Å²) in [5.74, 6) is 0.919. The number of hydrogen-bond donors (Lipinski definition) is 1. The van der Waals surface area contributed by atoms with Crippen molar-refractivity contribution in [2.45, 2.75) is 59.4 Å². The molecular formula is C14H29NO. The molecule has 1 fully saturated rings. The number of ether oxygens (including phenoxy) is 1. The van der Waals surface area contributed by atoms with Crippen LogP contribution < -0.4 is 5.32 Å². The SMILES string of the molecule is CCOCCC(C)(CNC(C)(C)C)C1CC1. The van der Waals surface area contributed by atoms with Crippen molar-refractivity contribution in [3.05, 3.63) is 0 Å². The van der Waals surface area contributed by atoms with E-state index in [-0.39, 0.29) is 5.54 Å². The first-order chi connectivity index (χ1) is 7.37. The summed E-state index contributed by atoms with van der Waals surface area (Å²) in [6.45, 7) is 14.1. The van der Waals surface area contributed by atoms with Crippen LogP contribution >= 0.6 is 0 Å². The summed E-state index contributed by atoms with van der Waals surface area (Å²) in [6, 6.07) is 0. The number of rotatable bonds is 7. The second-order valence-corrected chi connectivity index (χ2v) is 6.48. The van der Waals surface area contributed by atoms with E-state index in [1.807, 2.05) is 0 Å². The Kier molecular flexibility index (Phi) is 4.81.